The number of rotatable bonds is 5. The Morgan fingerprint density at radius 3 is 2.48 bits per heavy atom. The Morgan fingerprint density at radius 2 is 1.90 bits per heavy atom. The van der Waals surface area contributed by atoms with Crippen molar-refractivity contribution < 1.29 is 13.2 Å². The molecular weight excluding hydrogens is 303 g/mol. The van der Waals surface area contributed by atoms with Gasteiger partial charge in [-0.3, -0.25) is 0 Å². The Balaban J connectivity index is 1.92. The van der Waals surface area contributed by atoms with Crippen molar-refractivity contribution in [3.63, 3.8) is 0 Å². The Labute approximate surface area is 127 Å². The molecule has 0 spiro atoms. The summed E-state index contributed by atoms with van der Waals surface area (Å²) >= 11 is 6.20. The van der Waals surface area contributed by atoms with Gasteiger partial charge in [0, 0.05) is 6.04 Å². The van der Waals surface area contributed by atoms with Crippen LogP contribution in [0.25, 0.3) is 0 Å². The highest BCUT2D eigenvalue weighted by molar-refractivity contribution is 6.33. The number of aryl methyl sites for hydroxylation is 1. The number of anilines is 1. The molecule has 1 unspecified atom stereocenters. The molecule has 0 radical (unpaired) electrons. The Morgan fingerprint density at radius 1 is 1.24 bits per heavy atom. The van der Waals surface area contributed by atoms with Crippen LogP contribution >= 0.6 is 11.6 Å². The van der Waals surface area contributed by atoms with E-state index < -0.39 is 18.5 Å². The molecule has 21 heavy (non-hydrogen) atoms. The first-order valence-corrected chi connectivity index (χ1v) is 7.58. The number of aromatic nitrogens is 2. The maximum Gasteiger partial charge on any atom is 0.269 e. The van der Waals surface area contributed by atoms with Gasteiger partial charge in [0.05, 0.1) is 5.69 Å². The summed E-state index contributed by atoms with van der Waals surface area (Å²) in [5.41, 5.74) is 0.768. The number of halogens is 4. The largest absolute Gasteiger partial charge is 0.366 e. The average molecular weight is 322 g/mol. The predicted octanol–water partition coefficient (Wildman–Crippen LogP) is 4.27. The van der Waals surface area contributed by atoms with Gasteiger partial charge in [0.2, 0.25) is 0 Å². The molecule has 3 nitrogen and oxygen atoms in total. The van der Waals surface area contributed by atoms with E-state index >= 15 is 0 Å². The van der Waals surface area contributed by atoms with E-state index in [1.54, 1.807) is 0 Å². The quantitative estimate of drug-likeness (QED) is 0.880. The minimum Gasteiger partial charge on any atom is -0.366 e. The lowest BCUT2D eigenvalue weighted by Gasteiger charge is -2.31. The lowest BCUT2D eigenvalue weighted by atomic mass is 9.83. The fourth-order valence-electron chi connectivity index (χ4n) is 2.73. The fraction of sp³-hybridized carbons (Fsp3) is 0.714. The second-order valence-electron chi connectivity index (χ2n) is 5.37. The molecular formula is C14H19ClF3N3. The molecule has 2 rings (SSSR count). The summed E-state index contributed by atoms with van der Waals surface area (Å²) in [4.78, 5) is 8.20. The zero-order valence-electron chi connectivity index (χ0n) is 11.8. The van der Waals surface area contributed by atoms with Crippen molar-refractivity contribution in [1.82, 2.24) is 9.97 Å². The van der Waals surface area contributed by atoms with Crippen LogP contribution in [0.1, 0.15) is 38.3 Å². The first kappa shape index (κ1) is 16.3. The van der Waals surface area contributed by atoms with Crippen LogP contribution in [-0.4, -0.2) is 28.6 Å². The molecule has 1 atom stereocenters. The van der Waals surface area contributed by atoms with Crippen LogP contribution in [-0.2, 0) is 6.42 Å². The molecule has 1 N–H and O–H groups in total. The molecule has 1 aromatic rings. The van der Waals surface area contributed by atoms with Gasteiger partial charge in [-0.25, -0.2) is 23.1 Å². The van der Waals surface area contributed by atoms with Gasteiger partial charge in [0.15, 0.2) is 6.17 Å². The van der Waals surface area contributed by atoms with Crippen LogP contribution < -0.4 is 5.32 Å². The fourth-order valence-corrected chi connectivity index (χ4v) is 3.02. The molecule has 1 aliphatic rings. The summed E-state index contributed by atoms with van der Waals surface area (Å²) in [6.45, 7) is 1.95. The molecule has 0 amide bonds. The van der Waals surface area contributed by atoms with Crippen LogP contribution in [0, 0.1) is 5.92 Å². The summed E-state index contributed by atoms with van der Waals surface area (Å²) in [6.07, 6.45) is -0.561. The van der Waals surface area contributed by atoms with Gasteiger partial charge >= 0.3 is 0 Å². The second kappa shape index (κ2) is 7.29. The standard InChI is InChI=1S/C14H19ClF3N3/c1-2-10-11(15)14(20-7-19-10)21-9-5-3-8(4-6-9)12(16)13(17)18/h7-9,12-13H,2-6H2,1H3,(H,19,20,21). The third-order valence-electron chi connectivity index (χ3n) is 4.00. The molecule has 0 bridgehead atoms. The van der Waals surface area contributed by atoms with Crippen molar-refractivity contribution in [2.45, 2.75) is 57.7 Å². The summed E-state index contributed by atoms with van der Waals surface area (Å²) in [5, 5.41) is 3.72. The number of alkyl halides is 3. The van der Waals surface area contributed by atoms with Crippen LogP contribution in [0.3, 0.4) is 0 Å². The second-order valence-corrected chi connectivity index (χ2v) is 5.75. The van der Waals surface area contributed by atoms with E-state index in [0.29, 0.717) is 42.9 Å². The van der Waals surface area contributed by atoms with Crippen LogP contribution in [0.5, 0.6) is 0 Å². The van der Waals surface area contributed by atoms with E-state index in [1.807, 2.05) is 6.92 Å². The van der Waals surface area contributed by atoms with Crippen molar-refractivity contribution in [2.75, 3.05) is 5.32 Å². The SMILES string of the molecule is CCc1ncnc(NC2CCC(C(F)C(F)F)CC2)c1Cl. The van der Waals surface area contributed by atoms with Crippen LogP contribution in [0.4, 0.5) is 19.0 Å². The number of hydrogen-bond acceptors (Lipinski definition) is 3. The van der Waals surface area contributed by atoms with Gasteiger partial charge in [-0.15, -0.1) is 0 Å². The van der Waals surface area contributed by atoms with Crippen LogP contribution in [0.15, 0.2) is 6.33 Å². The van der Waals surface area contributed by atoms with E-state index in [2.05, 4.69) is 15.3 Å². The Kier molecular flexibility index (Phi) is 5.67. The summed E-state index contributed by atoms with van der Waals surface area (Å²) < 4.78 is 38.1. The molecule has 1 aliphatic carbocycles. The van der Waals surface area contributed by atoms with Gasteiger partial charge in [-0.2, -0.15) is 0 Å². The first-order chi connectivity index (χ1) is 10.0. The highest BCUT2D eigenvalue weighted by Crippen LogP contribution is 2.33. The van der Waals surface area contributed by atoms with Gasteiger partial charge in [-0.05, 0) is 38.0 Å². The maximum absolute atomic E-state index is 13.3. The number of nitrogens with zero attached hydrogens (tertiary/aromatic N) is 2. The van der Waals surface area contributed by atoms with Crippen LogP contribution in [0.2, 0.25) is 5.02 Å². The first-order valence-electron chi connectivity index (χ1n) is 7.21. The highest BCUT2D eigenvalue weighted by atomic mass is 35.5. The predicted molar refractivity (Wildman–Crippen MR) is 76.7 cm³/mol. The molecule has 1 heterocycles. The number of hydrogen-bond donors (Lipinski definition) is 1. The molecule has 0 aromatic carbocycles. The minimum absolute atomic E-state index is 0.0863. The summed E-state index contributed by atoms with van der Waals surface area (Å²) in [5.74, 6) is 0.0211. The lowest BCUT2D eigenvalue weighted by molar-refractivity contribution is 0.00505. The minimum atomic E-state index is -2.89. The maximum atomic E-state index is 13.3. The van der Waals surface area contributed by atoms with Gasteiger partial charge in [0.1, 0.15) is 17.2 Å². The van der Waals surface area contributed by atoms with Gasteiger partial charge in [0.25, 0.3) is 6.43 Å². The third-order valence-corrected chi connectivity index (χ3v) is 4.40. The van der Waals surface area contributed by atoms with E-state index in [1.165, 1.54) is 6.33 Å². The van der Waals surface area contributed by atoms with E-state index in [0.717, 1.165) is 5.69 Å². The Hall–Kier alpha value is -1.04. The lowest BCUT2D eigenvalue weighted by Crippen LogP contribution is -2.33. The molecule has 7 heteroatoms. The van der Waals surface area contributed by atoms with E-state index in [4.69, 9.17) is 11.6 Å². The average Bonchev–Trinajstić information content (AvgIpc) is 2.49. The van der Waals surface area contributed by atoms with Crippen molar-refractivity contribution in [2.24, 2.45) is 5.92 Å². The molecule has 118 valence electrons. The topological polar surface area (TPSA) is 37.8 Å². The third kappa shape index (κ3) is 3.99. The molecule has 1 saturated carbocycles. The number of nitrogens with one attached hydrogen (secondary N) is 1. The summed E-state index contributed by atoms with van der Waals surface area (Å²) in [7, 11) is 0. The van der Waals surface area contributed by atoms with E-state index in [-0.39, 0.29) is 6.04 Å². The van der Waals surface area contributed by atoms with Crippen molar-refractivity contribution >= 4 is 17.4 Å². The zero-order chi connectivity index (χ0) is 15.4. The van der Waals surface area contributed by atoms with E-state index in [9.17, 15) is 13.2 Å². The smallest absolute Gasteiger partial charge is 0.269 e. The Bertz CT molecular complexity index is 465. The normalized spacial score (nSPS) is 24.1. The van der Waals surface area contributed by atoms with Crippen molar-refractivity contribution in [3.8, 4) is 0 Å². The molecule has 0 aliphatic heterocycles. The van der Waals surface area contributed by atoms with Crippen molar-refractivity contribution in [1.29, 1.82) is 0 Å². The molecule has 0 saturated heterocycles. The van der Waals surface area contributed by atoms with Gasteiger partial charge < -0.3 is 5.32 Å². The molecule has 1 fully saturated rings. The summed E-state index contributed by atoms with van der Waals surface area (Å²) in [6, 6.07) is 0.0863. The molecule has 1 aromatic heterocycles. The van der Waals surface area contributed by atoms with Crippen molar-refractivity contribution in [3.05, 3.63) is 17.0 Å². The highest BCUT2D eigenvalue weighted by Gasteiger charge is 2.33. The zero-order valence-corrected chi connectivity index (χ0v) is 12.6. The monoisotopic (exact) mass is 321 g/mol. The van der Waals surface area contributed by atoms with Gasteiger partial charge in [-0.1, -0.05) is 18.5 Å².